The molecule has 2 unspecified atom stereocenters. The van der Waals surface area contributed by atoms with E-state index >= 15 is 0 Å². The fourth-order valence-electron chi connectivity index (χ4n) is 2.44. The maximum atomic E-state index is 4.99. The molecule has 0 bridgehead atoms. The number of nitrogens with zero attached hydrogens (tertiary/aromatic N) is 1. The molecule has 17 heavy (non-hydrogen) atoms. The number of methoxy groups -OCH3 is 1. The normalized spacial score (nSPS) is 26.3. The molecule has 0 aromatic carbocycles. The fourth-order valence-corrected chi connectivity index (χ4v) is 2.44. The zero-order chi connectivity index (χ0) is 12.5. The van der Waals surface area contributed by atoms with Gasteiger partial charge in [-0.25, -0.2) is 0 Å². The molecule has 1 aliphatic rings. The first-order valence-electron chi connectivity index (χ1n) is 7.16. The highest BCUT2D eigenvalue weighted by Gasteiger charge is 2.21. The van der Waals surface area contributed by atoms with Crippen molar-refractivity contribution in [3.63, 3.8) is 0 Å². The molecule has 0 aliphatic carbocycles. The quantitative estimate of drug-likeness (QED) is 0.659. The van der Waals surface area contributed by atoms with Gasteiger partial charge in [-0.2, -0.15) is 0 Å². The molecular formula is C14H30N2O. The van der Waals surface area contributed by atoms with E-state index in [1.54, 1.807) is 7.11 Å². The van der Waals surface area contributed by atoms with Gasteiger partial charge in [-0.1, -0.05) is 13.8 Å². The smallest absolute Gasteiger partial charge is 0.0587 e. The summed E-state index contributed by atoms with van der Waals surface area (Å²) in [7, 11) is 1.75. The molecule has 1 fully saturated rings. The fraction of sp³-hybridized carbons (Fsp3) is 1.00. The van der Waals surface area contributed by atoms with Crippen LogP contribution in [0.25, 0.3) is 0 Å². The lowest BCUT2D eigenvalue weighted by Crippen LogP contribution is -2.39. The summed E-state index contributed by atoms with van der Waals surface area (Å²) < 4.78 is 4.99. The summed E-state index contributed by atoms with van der Waals surface area (Å²) in [6, 6.07) is 0. The van der Waals surface area contributed by atoms with Gasteiger partial charge in [0, 0.05) is 20.2 Å². The van der Waals surface area contributed by atoms with Gasteiger partial charge in [0.05, 0.1) is 6.61 Å². The summed E-state index contributed by atoms with van der Waals surface area (Å²) in [6.07, 6.45) is 3.98. The van der Waals surface area contributed by atoms with Gasteiger partial charge in [0.15, 0.2) is 0 Å². The van der Waals surface area contributed by atoms with Crippen molar-refractivity contribution in [3.05, 3.63) is 0 Å². The summed E-state index contributed by atoms with van der Waals surface area (Å²) in [5, 5.41) is 3.40. The highest BCUT2D eigenvalue weighted by atomic mass is 16.5. The van der Waals surface area contributed by atoms with Crippen LogP contribution in [0.15, 0.2) is 0 Å². The van der Waals surface area contributed by atoms with Crippen LogP contribution in [0.4, 0.5) is 0 Å². The van der Waals surface area contributed by atoms with Crippen molar-refractivity contribution in [2.24, 2.45) is 11.8 Å². The van der Waals surface area contributed by atoms with Gasteiger partial charge in [-0.05, 0) is 50.7 Å². The van der Waals surface area contributed by atoms with Crippen molar-refractivity contribution in [3.8, 4) is 0 Å². The molecule has 0 spiro atoms. The average molecular weight is 242 g/mol. The van der Waals surface area contributed by atoms with E-state index in [2.05, 4.69) is 24.1 Å². The maximum Gasteiger partial charge on any atom is 0.0587 e. The Morgan fingerprint density at radius 3 is 2.71 bits per heavy atom. The Bertz CT molecular complexity index is 187. The molecule has 0 saturated carbocycles. The third kappa shape index (κ3) is 6.39. The van der Waals surface area contributed by atoms with E-state index in [1.165, 1.54) is 38.9 Å². The number of nitrogens with one attached hydrogen (secondary N) is 1. The minimum Gasteiger partial charge on any atom is -0.383 e. The number of likely N-dealkylation sites (tertiary alicyclic amines) is 1. The third-order valence-electron chi connectivity index (χ3n) is 3.98. The lowest BCUT2D eigenvalue weighted by atomic mass is 9.88. The SMILES string of the molecule is COCCNCCCCN1CCC(C)C(C)C1. The Hall–Kier alpha value is -0.120. The second kappa shape index (κ2) is 8.90. The second-order valence-electron chi connectivity index (χ2n) is 5.49. The predicted octanol–water partition coefficient (Wildman–Crippen LogP) is 1.98. The minimum absolute atomic E-state index is 0.821. The van der Waals surface area contributed by atoms with Crippen LogP contribution in [0.2, 0.25) is 0 Å². The van der Waals surface area contributed by atoms with E-state index in [9.17, 15) is 0 Å². The number of ether oxygens (including phenoxy) is 1. The van der Waals surface area contributed by atoms with Crippen LogP contribution >= 0.6 is 0 Å². The summed E-state index contributed by atoms with van der Waals surface area (Å²) in [5.41, 5.74) is 0. The van der Waals surface area contributed by atoms with Crippen molar-refractivity contribution < 1.29 is 4.74 Å². The first-order chi connectivity index (χ1) is 8.24. The van der Waals surface area contributed by atoms with Crippen molar-refractivity contribution in [1.82, 2.24) is 10.2 Å². The average Bonchev–Trinajstić information content (AvgIpc) is 2.32. The Morgan fingerprint density at radius 1 is 1.18 bits per heavy atom. The summed E-state index contributed by atoms with van der Waals surface area (Å²) in [5.74, 6) is 1.80. The van der Waals surface area contributed by atoms with E-state index < -0.39 is 0 Å². The maximum absolute atomic E-state index is 4.99. The number of unbranched alkanes of at least 4 members (excludes halogenated alkanes) is 1. The molecule has 0 amide bonds. The molecule has 1 rings (SSSR count). The van der Waals surface area contributed by atoms with Crippen LogP contribution in [0, 0.1) is 11.8 Å². The van der Waals surface area contributed by atoms with E-state index in [-0.39, 0.29) is 0 Å². The third-order valence-corrected chi connectivity index (χ3v) is 3.98. The number of rotatable bonds is 8. The van der Waals surface area contributed by atoms with Gasteiger partial charge in [0.25, 0.3) is 0 Å². The Morgan fingerprint density at radius 2 is 2.00 bits per heavy atom. The monoisotopic (exact) mass is 242 g/mol. The minimum atomic E-state index is 0.821. The van der Waals surface area contributed by atoms with Crippen molar-refractivity contribution in [1.29, 1.82) is 0 Å². The predicted molar refractivity (Wildman–Crippen MR) is 73.4 cm³/mol. The summed E-state index contributed by atoms with van der Waals surface area (Å²) >= 11 is 0. The highest BCUT2D eigenvalue weighted by Crippen LogP contribution is 2.22. The second-order valence-corrected chi connectivity index (χ2v) is 5.49. The first-order valence-corrected chi connectivity index (χ1v) is 7.16. The first kappa shape index (κ1) is 14.9. The lowest BCUT2D eigenvalue weighted by molar-refractivity contribution is 0.136. The van der Waals surface area contributed by atoms with Crippen molar-refractivity contribution in [2.45, 2.75) is 33.1 Å². The van der Waals surface area contributed by atoms with Crippen LogP contribution in [0.5, 0.6) is 0 Å². The van der Waals surface area contributed by atoms with Crippen molar-refractivity contribution >= 4 is 0 Å². The molecule has 0 aromatic heterocycles. The number of hydrogen-bond acceptors (Lipinski definition) is 3. The number of hydrogen-bond donors (Lipinski definition) is 1. The number of piperidine rings is 1. The molecule has 1 N–H and O–H groups in total. The highest BCUT2D eigenvalue weighted by molar-refractivity contribution is 4.74. The van der Waals surface area contributed by atoms with Gasteiger partial charge >= 0.3 is 0 Å². The zero-order valence-electron chi connectivity index (χ0n) is 11.9. The Balaban J connectivity index is 1.92. The van der Waals surface area contributed by atoms with Crippen molar-refractivity contribution in [2.75, 3.05) is 46.4 Å². The Kier molecular flexibility index (Phi) is 7.82. The van der Waals surface area contributed by atoms with Gasteiger partial charge in [0.2, 0.25) is 0 Å². The van der Waals surface area contributed by atoms with Crippen LogP contribution in [0.3, 0.4) is 0 Å². The van der Waals surface area contributed by atoms with E-state index in [1.807, 2.05) is 0 Å². The van der Waals surface area contributed by atoms with Crippen LogP contribution in [-0.2, 0) is 4.74 Å². The lowest BCUT2D eigenvalue weighted by Gasteiger charge is -2.35. The van der Waals surface area contributed by atoms with Crippen LogP contribution < -0.4 is 5.32 Å². The van der Waals surface area contributed by atoms with Crippen LogP contribution in [-0.4, -0.2) is 51.3 Å². The topological polar surface area (TPSA) is 24.5 Å². The molecule has 0 radical (unpaired) electrons. The van der Waals surface area contributed by atoms with E-state index in [0.29, 0.717) is 0 Å². The summed E-state index contributed by atoms with van der Waals surface area (Å²) in [4.78, 5) is 2.64. The molecule has 3 nitrogen and oxygen atoms in total. The van der Waals surface area contributed by atoms with Gasteiger partial charge in [-0.15, -0.1) is 0 Å². The largest absolute Gasteiger partial charge is 0.383 e. The van der Waals surface area contributed by atoms with E-state index in [4.69, 9.17) is 4.74 Å². The molecule has 2 atom stereocenters. The molecule has 1 heterocycles. The standard InChI is InChI=1S/C14H30N2O/c1-13-6-10-16(12-14(13)2)9-5-4-7-15-8-11-17-3/h13-15H,4-12H2,1-3H3. The molecule has 1 aliphatic heterocycles. The zero-order valence-corrected chi connectivity index (χ0v) is 11.9. The summed E-state index contributed by atoms with van der Waals surface area (Å²) in [6.45, 7) is 11.6. The molecular weight excluding hydrogens is 212 g/mol. The van der Waals surface area contributed by atoms with Gasteiger partial charge in [-0.3, -0.25) is 0 Å². The van der Waals surface area contributed by atoms with Gasteiger partial charge in [0.1, 0.15) is 0 Å². The molecule has 3 heteroatoms. The molecule has 1 saturated heterocycles. The van der Waals surface area contributed by atoms with E-state index in [0.717, 1.165) is 31.5 Å². The molecule has 0 aromatic rings. The molecule has 102 valence electrons. The van der Waals surface area contributed by atoms with Crippen LogP contribution in [0.1, 0.15) is 33.1 Å². The Labute approximate surface area is 107 Å². The van der Waals surface area contributed by atoms with Gasteiger partial charge < -0.3 is 15.0 Å².